The van der Waals surface area contributed by atoms with Gasteiger partial charge in [0.2, 0.25) is 18.6 Å². The molecule has 1 aliphatic heterocycles. The number of likely N-dealkylation sites (N-methyl/N-ethyl adjacent to an activating group) is 1. The summed E-state index contributed by atoms with van der Waals surface area (Å²) in [5.74, 6) is 0.974. The molecule has 1 aliphatic rings. The number of aryl methyl sites for hydroxylation is 1. The number of ether oxygens (including phenoxy) is 2. The van der Waals surface area contributed by atoms with Crippen LogP contribution in [0, 0.1) is 0 Å². The van der Waals surface area contributed by atoms with Crippen molar-refractivity contribution in [2.75, 3.05) is 13.8 Å². The first-order valence-electron chi connectivity index (χ1n) is 11.3. The summed E-state index contributed by atoms with van der Waals surface area (Å²) >= 11 is 12.5. The lowest BCUT2D eigenvalue weighted by Crippen LogP contribution is -2.49. The predicted octanol–water partition coefficient (Wildman–Crippen LogP) is 5.04. The lowest BCUT2D eigenvalue weighted by Gasteiger charge is -2.31. The number of halogens is 2. The molecule has 3 aromatic carbocycles. The Morgan fingerprint density at radius 1 is 0.971 bits per heavy atom. The highest BCUT2D eigenvalue weighted by Crippen LogP contribution is 2.33. The van der Waals surface area contributed by atoms with Crippen LogP contribution in [0.25, 0.3) is 0 Å². The van der Waals surface area contributed by atoms with Crippen LogP contribution in [0.3, 0.4) is 0 Å². The highest BCUT2D eigenvalue weighted by Gasteiger charge is 2.30. The first-order chi connectivity index (χ1) is 16.9. The Morgan fingerprint density at radius 2 is 1.74 bits per heavy atom. The second-order valence-electron chi connectivity index (χ2n) is 8.26. The van der Waals surface area contributed by atoms with Gasteiger partial charge < -0.3 is 19.7 Å². The van der Waals surface area contributed by atoms with Crippen molar-refractivity contribution in [2.45, 2.75) is 31.8 Å². The number of carbonyl (C=O) groups excluding carboxylic acids is 2. The molecular weight excluding hydrogens is 487 g/mol. The zero-order valence-corrected chi connectivity index (χ0v) is 20.8. The normalized spacial score (nSPS) is 12.8. The largest absolute Gasteiger partial charge is 0.454 e. The average molecular weight is 513 g/mol. The van der Waals surface area contributed by atoms with Crippen molar-refractivity contribution in [3.63, 3.8) is 0 Å². The molecule has 0 unspecified atom stereocenters. The first-order valence-corrected chi connectivity index (χ1v) is 12.1. The minimum Gasteiger partial charge on any atom is -0.454 e. The minimum atomic E-state index is -0.710. The van der Waals surface area contributed by atoms with E-state index in [0.29, 0.717) is 34.4 Å². The molecule has 3 aromatic rings. The van der Waals surface area contributed by atoms with Crippen molar-refractivity contribution < 1.29 is 19.1 Å². The molecule has 0 aromatic heterocycles. The maximum absolute atomic E-state index is 13.6. The Bertz CT molecular complexity index is 1200. The molecule has 0 bridgehead atoms. The third-order valence-electron chi connectivity index (χ3n) is 5.94. The zero-order chi connectivity index (χ0) is 24.8. The summed E-state index contributed by atoms with van der Waals surface area (Å²) < 4.78 is 10.8. The summed E-state index contributed by atoms with van der Waals surface area (Å²) in [4.78, 5) is 28.2. The van der Waals surface area contributed by atoms with Gasteiger partial charge in [-0.25, -0.2) is 0 Å². The maximum atomic E-state index is 13.6. The maximum Gasteiger partial charge on any atom is 0.242 e. The number of amides is 2. The highest BCUT2D eigenvalue weighted by molar-refractivity contribution is 6.35. The molecule has 6 nitrogen and oxygen atoms in total. The van der Waals surface area contributed by atoms with Gasteiger partial charge in [-0.15, -0.1) is 0 Å². The van der Waals surface area contributed by atoms with Crippen molar-refractivity contribution >= 4 is 35.0 Å². The summed E-state index contributed by atoms with van der Waals surface area (Å²) in [6, 6.07) is 19.7. The van der Waals surface area contributed by atoms with E-state index in [1.165, 1.54) is 0 Å². The Labute approximate surface area is 214 Å². The van der Waals surface area contributed by atoms with E-state index in [-0.39, 0.29) is 31.6 Å². The fourth-order valence-electron chi connectivity index (χ4n) is 4.05. The van der Waals surface area contributed by atoms with Crippen molar-refractivity contribution in [1.82, 2.24) is 10.2 Å². The van der Waals surface area contributed by atoms with E-state index in [1.54, 1.807) is 30.1 Å². The Kier molecular flexibility index (Phi) is 8.16. The predicted molar refractivity (Wildman–Crippen MR) is 136 cm³/mol. The van der Waals surface area contributed by atoms with Gasteiger partial charge in [0.1, 0.15) is 6.04 Å². The molecule has 1 atom stereocenters. The molecule has 1 heterocycles. The topological polar surface area (TPSA) is 67.9 Å². The van der Waals surface area contributed by atoms with Crippen LogP contribution in [0.5, 0.6) is 11.5 Å². The van der Waals surface area contributed by atoms with Crippen molar-refractivity contribution in [1.29, 1.82) is 0 Å². The van der Waals surface area contributed by atoms with E-state index in [1.807, 2.05) is 48.5 Å². The van der Waals surface area contributed by atoms with Gasteiger partial charge in [-0.2, -0.15) is 0 Å². The second-order valence-corrected chi connectivity index (χ2v) is 9.11. The quantitative estimate of drug-likeness (QED) is 0.436. The Balaban J connectivity index is 1.59. The zero-order valence-electron chi connectivity index (χ0n) is 19.3. The van der Waals surface area contributed by atoms with Crippen molar-refractivity contribution in [3.8, 4) is 11.5 Å². The molecule has 35 heavy (non-hydrogen) atoms. The van der Waals surface area contributed by atoms with E-state index in [9.17, 15) is 9.59 Å². The molecule has 8 heteroatoms. The van der Waals surface area contributed by atoms with Crippen LogP contribution in [0.2, 0.25) is 10.0 Å². The lowest BCUT2D eigenvalue weighted by molar-refractivity contribution is -0.141. The molecule has 0 radical (unpaired) electrons. The van der Waals surface area contributed by atoms with Crippen molar-refractivity contribution in [2.24, 2.45) is 0 Å². The number of hydrogen-bond donors (Lipinski definition) is 1. The second kappa shape index (κ2) is 11.5. The van der Waals surface area contributed by atoms with E-state index < -0.39 is 6.04 Å². The minimum absolute atomic E-state index is 0.154. The fraction of sp³-hybridized carbons (Fsp3) is 0.259. The van der Waals surface area contributed by atoms with E-state index in [4.69, 9.17) is 32.7 Å². The molecule has 0 fully saturated rings. The van der Waals surface area contributed by atoms with Gasteiger partial charge in [0.25, 0.3) is 0 Å². The number of hydrogen-bond acceptors (Lipinski definition) is 4. The van der Waals surface area contributed by atoms with Crippen LogP contribution in [-0.4, -0.2) is 36.6 Å². The third kappa shape index (κ3) is 6.27. The van der Waals surface area contributed by atoms with Gasteiger partial charge in [0.15, 0.2) is 11.5 Å². The van der Waals surface area contributed by atoms with Gasteiger partial charge in [-0.05, 0) is 47.4 Å². The van der Waals surface area contributed by atoms with Gasteiger partial charge >= 0.3 is 0 Å². The van der Waals surface area contributed by atoms with Gasteiger partial charge in [-0.3, -0.25) is 9.59 Å². The van der Waals surface area contributed by atoms with Crippen LogP contribution in [0.4, 0.5) is 0 Å². The van der Waals surface area contributed by atoms with Gasteiger partial charge in [0, 0.05) is 36.5 Å². The smallest absolute Gasteiger partial charge is 0.242 e. The molecule has 4 rings (SSSR count). The lowest BCUT2D eigenvalue weighted by atomic mass is 10.0. The van der Waals surface area contributed by atoms with Crippen LogP contribution in [-0.2, 0) is 29.0 Å². The SMILES string of the molecule is CNC(=O)[C@H](Cc1ccccc1)N(Cc1ccc(Cl)cc1Cl)C(=O)CCc1ccc2c(c1)OCO2. The summed E-state index contributed by atoms with van der Waals surface area (Å²) in [7, 11) is 1.57. The van der Waals surface area contributed by atoms with Crippen LogP contribution >= 0.6 is 23.2 Å². The summed E-state index contributed by atoms with van der Waals surface area (Å²) in [6.07, 6.45) is 1.08. The summed E-state index contributed by atoms with van der Waals surface area (Å²) in [6.45, 7) is 0.377. The number of nitrogens with one attached hydrogen (secondary N) is 1. The van der Waals surface area contributed by atoms with Crippen LogP contribution < -0.4 is 14.8 Å². The average Bonchev–Trinajstić information content (AvgIpc) is 3.34. The van der Waals surface area contributed by atoms with Crippen LogP contribution in [0.15, 0.2) is 66.7 Å². The third-order valence-corrected chi connectivity index (χ3v) is 6.52. The first kappa shape index (κ1) is 24.9. The molecule has 0 aliphatic carbocycles. The monoisotopic (exact) mass is 512 g/mol. The summed E-state index contributed by atoms with van der Waals surface area (Å²) in [5.41, 5.74) is 2.62. The number of nitrogens with zero attached hydrogens (tertiary/aromatic N) is 1. The van der Waals surface area contributed by atoms with Gasteiger partial charge in [-0.1, -0.05) is 65.7 Å². The Morgan fingerprint density at radius 3 is 2.49 bits per heavy atom. The molecule has 182 valence electrons. The molecule has 0 saturated heterocycles. The fourth-order valence-corrected chi connectivity index (χ4v) is 4.51. The van der Waals surface area contributed by atoms with Gasteiger partial charge in [0.05, 0.1) is 0 Å². The van der Waals surface area contributed by atoms with Crippen LogP contribution in [0.1, 0.15) is 23.1 Å². The number of rotatable bonds is 9. The number of fused-ring (bicyclic) bond motifs is 1. The number of carbonyl (C=O) groups is 2. The van der Waals surface area contributed by atoms with E-state index in [0.717, 1.165) is 16.7 Å². The molecule has 0 saturated carbocycles. The van der Waals surface area contributed by atoms with Crippen molar-refractivity contribution in [3.05, 3.63) is 93.5 Å². The molecule has 1 N–H and O–H groups in total. The molecule has 0 spiro atoms. The molecule has 2 amide bonds. The number of benzene rings is 3. The van der Waals surface area contributed by atoms with E-state index >= 15 is 0 Å². The van der Waals surface area contributed by atoms with E-state index in [2.05, 4.69) is 5.32 Å². The molecular formula is C27H26Cl2N2O4. The Hall–Kier alpha value is -3.22. The highest BCUT2D eigenvalue weighted by atomic mass is 35.5. The standard InChI is InChI=1S/C27H26Cl2N2O4/c1-30-27(33)23(13-18-5-3-2-4-6-18)31(16-20-9-10-21(28)15-22(20)29)26(32)12-8-19-7-11-24-25(14-19)35-17-34-24/h2-7,9-11,14-15,23H,8,12-13,16-17H2,1H3,(H,30,33)/t23-/m0/s1. The summed E-state index contributed by atoms with van der Waals surface area (Å²) in [5, 5.41) is 3.67.